The van der Waals surface area contributed by atoms with Gasteiger partial charge in [0.1, 0.15) is 11.5 Å². The van der Waals surface area contributed by atoms with Gasteiger partial charge >= 0.3 is 5.97 Å². The molecule has 1 aliphatic heterocycles. The van der Waals surface area contributed by atoms with Gasteiger partial charge in [-0.25, -0.2) is 4.79 Å². The third kappa shape index (κ3) is 4.86. The van der Waals surface area contributed by atoms with Crippen molar-refractivity contribution in [2.24, 2.45) is 5.92 Å². The van der Waals surface area contributed by atoms with Crippen molar-refractivity contribution in [3.05, 3.63) is 101 Å². The van der Waals surface area contributed by atoms with E-state index in [-0.39, 0.29) is 11.3 Å². The van der Waals surface area contributed by atoms with Gasteiger partial charge in [0.2, 0.25) is 0 Å². The molecule has 1 heterocycles. The Bertz CT molecular complexity index is 1290. The van der Waals surface area contributed by atoms with Crippen molar-refractivity contribution < 1.29 is 29.0 Å². The van der Waals surface area contributed by atoms with Gasteiger partial charge in [-0.2, -0.15) is 0 Å². The van der Waals surface area contributed by atoms with Gasteiger partial charge in [0.25, 0.3) is 11.7 Å². The molecule has 1 unspecified atom stereocenters. The van der Waals surface area contributed by atoms with Crippen LogP contribution < -0.4 is 9.64 Å². The summed E-state index contributed by atoms with van der Waals surface area (Å²) >= 11 is 0. The maximum absolute atomic E-state index is 13.2. The van der Waals surface area contributed by atoms with E-state index in [4.69, 9.17) is 9.47 Å². The van der Waals surface area contributed by atoms with Crippen LogP contribution in [-0.4, -0.2) is 36.5 Å². The Morgan fingerprint density at radius 3 is 2.11 bits per heavy atom. The summed E-state index contributed by atoms with van der Waals surface area (Å²) in [5, 5.41) is 11.2. The molecule has 0 bridgehead atoms. The SMILES string of the molecule is COC(=O)c1ccc(N2C(=O)C(=O)/C(=C(/O)c3ccc(OCC(C)C)cc3)C2c2ccccc2)cc1. The lowest BCUT2D eigenvalue weighted by Gasteiger charge is -2.25. The smallest absolute Gasteiger partial charge is 0.337 e. The number of anilines is 1. The Kier molecular flexibility index (Phi) is 7.20. The van der Waals surface area contributed by atoms with E-state index in [1.165, 1.54) is 24.1 Å². The molecule has 4 rings (SSSR count). The first-order chi connectivity index (χ1) is 17.3. The predicted octanol–water partition coefficient (Wildman–Crippen LogP) is 5.13. The Morgan fingerprint density at radius 1 is 0.917 bits per heavy atom. The highest BCUT2D eigenvalue weighted by Gasteiger charge is 2.46. The molecule has 1 atom stereocenters. The van der Waals surface area contributed by atoms with Crippen molar-refractivity contribution in [3.8, 4) is 5.75 Å². The van der Waals surface area contributed by atoms with E-state index in [1.54, 1.807) is 60.7 Å². The number of benzene rings is 3. The molecule has 1 aliphatic rings. The number of aliphatic hydroxyl groups is 1. The zero-order valence-corrected chi connectivity index (χ0v) is 20.3. The second-order valence-corrected chi connectivity index (χ2v) is 8.85. The number of rotatable bonds is 7. The fraction of sp³-hybridized carbons (Fsp3) is 0.207. The van der Waals surface area contributed by atoms with Crippen molar-refractivity contribution in [1.29, 1.82) is 0 Å². The van der Waals surface area contributed by atoms with Crippen LogP contribution >= 0.6 is 0 Å². The van der Waals surface area contributed by atoms with Gasteiger partial charge in [-0.05, 0) is 60.0 Å². The van der Waals surface area contributed by atoms with Crippen LogP contribution in [0.4, 0.5) is 5.69 Å². The molecule has 0 aromatic heterocycles. The molecule has 0 aliphatic carbocycles. The topological polar surface area (TPSA) is 93.1 Å². The zero-order chi connectivity index (χ0) is 25.8. The van der Waals surface area contributed by atoms with E-state index >= 15 is 0 Å². The lowest BCUT2D eigenvalue weighted by molar-refractivity contribution is -0.132. The van der Waals surface area contributed by atoms with Crippen molar-refractivity contribution in [3.63, 3.8) is 0 Å². The molecule has 7 nitrogen and oxygen atoms in total. The maximum atomic E-state index is 13.2. The number of esters is 1. The summed E-state index contributed by atoms with van der Waals surface area (Å²) in [5.41, 5.74) is 1.77. The van der Waals surface area contributed by atoms with Crippen LogP contribution in [0, 0.1) is 5.92 Å². The number of Topliss-reactive ketones (excluding diaryl/α,β-unsaturated/α-hetero) is 1. The summed E-state index contributed by atoms with van der Waals surface area (Å²) in [6.07, 6.45) is 0. The van der Waals surface area contributed by atoms with Crippen molar-refractivity contribution in [2.45, 2.75) is 19.9 Å². The molecule has 0 saturated carbocycles. The maximum Gasteiger partial charge on any atom is 0.337 e. The van der Waals surface area contributed by atoms with Crippen LogP contribution in [0.5, 0.6) is 5.75 Å². The van der Waals surface area contributed by atoms with E-state index < -0.39 is 23.7 Å². The molecule has 36 heavy (non-hydrogen) atoms. The van der Waals surface area contributed by atoms with Gasteiger partial charge in [-0.15, -0.1) is 0 Å². The average molecular weight is 486 g/mol. The number of ketones is 1. The van der Waals surface area contributed by atoms with E-state index in [9.17, 15) is 19.5 Å². The normalized spacial score (nSPS) is 16.9. The summed E-state index contributed by atoms with van der Waals surface area (Å²) in [7, 11) is 1.28. The van der Waals surface area contributed by atoms with Crippen molar-refractivity contribution >= 4 is 29.1 Å². The number of carbonyl (C=O) groups is 3. The van der Waals surface area contributed by atoms with E-state index in [0.717, 1.165) is 0 Å². The highest BCUT2D eigenvalue weighted by atomic mass is 16.5. The predicted molar refractivity (Wildman–Crippen MR) is 136 cm³/mol. The van der Waals surface area contributed by atoms with Gasteiger partial charge < -0.3 is 14.6 Å². The second kappa shape index (κ2) is 10.5. The van der Waals surface area contributed by atoms with E-state index in [1.807, 2.05) is 19.9 Å². The van der Waals surface area contributed by atoms with Gasteiger partial charge in [-0.1, -0.05) is 44.2 Å². The van der Waals surface area contributed by atoms with Gasteiger partial charge in [0, 0.05) is 11.3 Å². The minimum absolute atomic E-state index is 0.0147. The first-order valence-electron chi connectivity index (χ1n) is 11.6. The fourth-order valence-corrected chi connectivity index (χ4v) is 4.05. The molecule has 0 spiro atoms. The lowest BCUT2D eigenvalue weighted by Crippen LogP contribution is -2.29. The van der Waals surface area contributed by atoms with Crippen LogP contribution in [0.3, 0.4) is 0 Å². The summed E-state index contributed by atoms with van der Waals surface area (Å²) in [4.78, 5) is 39.7. The number of hydrogen-bond donors (Lipinski definition) is 1. The third-order valence-electron chi connectivity index (χ3n) is 5.84. The number of nitrogens with zero attached hydrogens (tertiary/aromatic N) is 1. The highest BCUT2D eigenvalue weighted by Crippen LogP contribution is 2.42. The molecule has 1 saturated heterocycles. The molecule has 1 N–H and O–H groups in total. The zero-order valence-electron chi connectivity index (χ0n) is 20.3. The quantitative estimate of drug-likeness (QED) is 0.216. The van der Waals surface area contributed by atoms with Crippen LogP contribution in [0.1, 0.15) is 41.4 Å². The Hall–Kier alpha value is -4.39. The standard InChI is InChI=1S/C29H27NO6/c1-18(2)17-36-23-15-11-20(12-16-23)26(31)24-25(19-7-5-4-6-8-19)30(28(33)27(24)32)22-13-9-21(10-14-22)29(34)35-3/h4-16,18,25,31H,17H2,1-3H3/b26-24+. The number of amides is 1. The molecule has 184 valence electrons. The second-order valence-electron chi connectivity index (χ2n) is 8.85. The molecular weight excluding hydrogens is 458 g/mol. The average Bonchev–Trinajstić information content (AvgIpc) is 3.17. The number of carbonyl (C=O) groups excluding carboxylic acids is 3. The molecule has 1 fully saturated rings. The largest absolute Gasteiger partial charge is 0.507 e. The summed E-state index contributed by atoms with van der Waals surface area (Å²) < 4.78 is 10.4. The van der Waals surface area contributed by atoms with E-state index in [0.29, 0.717) is 40.7 Å². The Labute approximate surface area is 209 Å². The summed E-state index contributed by atoms with van der Waals surface area (Å²) in [6, 6.07) is 21.1. The number of methoxy groups -OCH3 is 1. The van der Waals surface area contributed by atoms with Gasteiger partial charge in [0.05, 0.1) is 30.9 Å². The molecule has 3 aromatic carbocycles. The fourth-order valence-electron chi connectivity index (χ4n) is 4.05. The van der Waals surface area contributed by atoms with Crippen LogP contribution in [-0.2, 0) is 14.3 Å². The molecule has 0 radical (unpaired) electrons. The monoisotopic (exact) mass is 485 g/mol. The number of aliphatic hydroxyl groups excluding tert-OH is 1. The first-order valence-corrected chi connectivity index (χ1v) is 11.6. The number of ether oxygens (including phenoxy) is 2. The molecule has 7 heteroatoms. The Morgan fingerprint density at radius 2 is 1.53 bits per heavy atom. The van der Waals surface area contributed by atoms with Gasteiger partial charge in [-0.3, -0.25) is 14.5 Å². The van der Waals surface area contributed by atoms with E-state index in [2.05, 4.69) is 0 Å². The lowest BCUT2D eigenvalue weighted by atomic mass is 9.95. The summed E-state index contributed by atoms with van der Waals surface area (Å²) in [6.45, 7) is 4.65. The third-order valence-corrected chi connectivity index (χ3v) is 5.84. The molecular formula is C29H27NO6. The van der Waals surface area contributed by atoms with Crippen molar-refractivity contribution in [1.82, 2.24) is 0 Å². The minimum Gasteiger partial charge on any atom is -0.507 e. The van der Waals surface area contributed by atoms with Crippen LogP contribution in [0.2, 0.25) is 0 Å². The minimum atomic E-state index is -0.855. The molecule has 3 aromatic rings. The molecule has 1 amide bonds. The highest BCUT2D eigenvalue weighted by molar-refractivity contribution is 6.51. The first kappa shape index (κ1) is 24.7. The van der Waals surface area contributed by atoms with Crippen molar-refractivity contribution in [2.75, 3.05) is 18.6 Å². The number of hydrogen-bond acceptors (Lipinski definition) is 6. The van der Waals surface area contributed by atoms with Gasteiger partial charge in [0.15, 0.2) is 0 Å². The Balaban J connectivity index is 1.78. The summed E-state index contributed by atoms with van der Waals surface area (Å²) in [5.74, 6) is -1.34. The van der Waals surface area contributed by atoms with Crippen LogP contribution in [0.15, 0.2) is 84.4 Å². The van der Waals surface area contributed by atoms with Crippen LogP contribution in [0.25, 0.3) is 5.76 Å².